The summed E-state index contributed by atoms with van der Waals surface area (Å²) >= 11 is 0. The van der Waals surface area contributed by atoms with E-state index in [9.17, 15) is 5.11 Å². The predicted molar refractivity (Wildman–Crippen MR) is 59.8 cm³/mol. The van der Waals surface area contributed by atoms with Gasteiger partial charge in [0, 0.05) is 0 Å². The maximum Gasteiger partial charge on any atom is 0.394 e. The highest BCUT2D eigenvalue weighted by atomic mass is 32.3. The molecule has 0 saturated carbocycles. The molecular formula is C9H14O6S. The third-order valence-electron chi connectivity index (χ3n) is 1.36. The Labute approximate surface area is 93.7 Å². The Morgan fingerprint density at radius 2 is 1.69 bits per heavy atom. The van der Waals surface area contributed by atoms with Crippen molar-refractivity contribution in [1.29, 1.82) is 0 Å². The summed E-state index contributed by atoms with van der Waals surface area (Å²) in [6, 6.07) is 7.27. The van der Waals surface area contributed by atoms with Crippen molar-refractivity contribution >= 4 is 10.4 Å². The molecule has 0 aromatic heterocycles. The van der Waals surface area contributed by atoms with E-state index in [-0.39, 0.29) is 5.48 Å². The molecule has 5 N–H and O–H groups in total. The third-order valence-corrected chi connectivity index (χ3v) is 1.36. The number of hydrogen-bond donors (Lipinski definition) is 3. The number of benzene rings is 1. The van der Waals surface area contributed by atoms with Gasteiger partial charge in [0.1, 0.15) is 5.75 Å². The van der Waals surface area contributed by atoms with Gasteiger partial charge in [-0.1, -0.05) is 24.3 Å². The summed E-state index contributed by atoms with van der Waals surface area (Å²) in [6.07, 6.45) is 2.50. The topological polar surface area (TPSA) is 126 Å². The van der Waals surface area contributed by atoms with Gasteiger partial charge in [-0.2, -0.15) is 8.42 Å². The second kappa shape index (κ2) is 7.83. The normalized spacial score (nSPS) is 9.38. The van der Waals surface area contributed by atoms with Gasteiger partial charge >= 0.3 is 10.4 Å². The lowest BCUT2D eigenvalue weighted by Gasteiger charge is -1.97. The molecule has 6 nitrogen and oxygen atoms in total. The summed E-state index contributed by atoms with van der Waals surface area (Å²) in [6.45, 7) is 3.59. The van der Waals surface area contributed by atoms with Gasteiger partial charge in [-0.3, -0.25) is 9.11 Å². The SMILES string of the molecule is C=CCc1ccccc1O.O.O=S(=O)(O)O. The molecular weight excluding hydrogens is 236 g/mol. The molecule has 0 atom stereocenters. The minimum absolute atomic E-state index is 0. The van der Waals surface area contributed by atoms with Crippen LogP contribution in [0.25, 0.3) is 0 Å². The molecule has 0 saturated heterocycles. The molecule has 0 unspecified atom stereocenters. The summed E-state index contributed by atoms with van der Waals surface area (Å²) in [4.78, 5) is 0. The molecule has 7 heteroatoms. The molecule has 0 fully saturated rings. The lowest BCUT2D eigenvalue weighted by atomic mass is 10.1. The molecule has 0 bridgehead atoms. The first-order valence-corrected chi connectivity index (χ1v) is 5.32. The second-order valence-electron chi connectivity index (χ2n) is 2.57. The number of allylic oxidation sites excluding steroid dienone is 1. The molecule has 0 spiro atoms. The number of phenolic OH excluding ortho intramolecular Hbond substituents is 1. The van der Waals surface area contributed by atoms with Gasteiger partial charge in [0.05, 0.1) is 0 Å². The van der Waals surface area contributed by atoms with Crippen molar-refractivity contribution in [1.82, 2.24) is 0 Å². The number of hydrogen-bond acceptors (Lipinski definition) is 3. The highest BCUT2D eigenvalue weighted by molar-refractivity contribution is 7.79. The molecule has 1 rings (SSSR count). The molecule has 0 aliphatic rings. The zero-order valence-electron chi connectivity index (χ0n) is 8.37. The molecule has 0 aliphatic carbocycles. The molecule has 0 aliphatic heterocycles. The van der Waals surface area contributed by atoms with E-state index < -0.39 is 10.4 Å². The molecule has 92 valence electrons. The Morgan fingerprint density at radius 1 is 1.25 bits per heavy atom. The van der Waals surface area contributed by atoms with Crippen LogP contribution in [0.15, 0.2) is 36.9 Å². The zero-order valence-corrected chi connectivity index (χ0v) is 9.18. The number of rotatable bonds is 2. The quantitative estimate of drug-likeness (QED) is 0.524. The van der Waals surface area contributed by atoms with Crippen LogP contribution in [-0.4, -0.2) is 28.1 Å². The van der Waals surface area contributed by atoms with Crippen LogP contribution in [0.1, 0.15) is 5.56 Å². The average Bonchev–Trinajstić information content (AvgIpc) is 2.06. The summed E-state index contributed by atoms with van der Waals surface area (Å²) in [5, 5.41) is 9.19. The number of aromatic hydroxyl groups is 1. The van der Waals surface area contributed by atoms with Crippen LogP contribution in [0.4, 0.5) is 0 Å². The molecule has 0 amide bonds. The first kappa shape index (κ1) is 17.0. The van der Waals surface area contributed by atoms with Crippen molar-refractivity contribution in [3.8, 4) is 5.75 Å². The number of para-hydroxylation sites is 1. The van der Waals surface area contributed by atoms with Gasteiger partial charge in [0.15, 0.2) is 0 Å². The van der Waals surface area contributed by atoms with Crippen molar-refractivity contribution in [3.63, 3.8) is 0 Å². The van der Waals surface area contributed by atoms with Crippen molar-refractivity contribution in [2.45, 2.75) is 6.42 Å². The zero-order chi connectivity index (χ0) is 11.9. The van der Waals surface area contributed by atoms with E-state index in [4.69, 9.17) is 17.5 Å². The summed E-state index contributed by atoms with van der Waals surface area (Å²) in [5.41, 5.74) is 0.928. The third kappa shape index (κ3) is 10.7. The molecule has 1 aromatic carbocycles. The second-order valence-corrected chi connectivity index (χ2v) is 3.47. The van der Waals surface area contributed by atoms with E-state index >= 15 is 0 Å². The van der Waals surface area contributed by atoms with E-state index in [1.807, 2.05) is 18.2 Å². The molecule has 1 aromatic rings. The standard InChI is InChI=1S/C9H10O.H2O4S.H2O/c1-2-5-8-6-3-4-7-9(8)10;1-5(2,3)4;/h2-4,6-7,10H,1,5H2;(H2,1,2,3,4);1H2. The fraction of sp³-hybridized carbons (Fsp3) is 0.111. The van der Waals surface area contributed by atoms with E-state index in [0.29, 0.717) is 5.75 Å². The van der Waals surface area contributed by atoms with Crippen molar-refractivity contribution in [2.75, 3.05) is 0 Å². The van der Waals surface area contributed by atoms with E-state index in [2.05, 4.69) is 6.58 Å². The Morgan fingerprint density at radius 3 is 2.06 bits per heavy atom. The van der Waals surface area contributed by atoms with Gasteiger partial charge in [-0.05, 0) is 18.1 Å². The van der Waals surface area contributed by atoms with E-state index in [1.165, 1.54) is 0 Å². The highest BCUT2D eigenvalue weighted by Gasteiger charge is 1.93. The van der Waals surface area contributed by atoms with Gasteiger partial charge in [0.25, 0.3) is 0 Å². The average molecular weight is 250 g/mol. The van der Waals surface area contributed by atoms with Crippen molar-refractivity contribution in [2.24, 2.45) is 0 Å². The van der Waals surface area contributed by atoms with Crippen LogP contribution in [0.5, 0.6) is 5.75 Å². The first-order chi connectivity index (χ1) is 6.84. The van der Waals surface area contributed by atoms with Crippen LogP contribution < -0.4 is 0 Å². The summed E-state index contributed by atoms with van der Waals surface area (Å²) < 4.78 is 31.6. The smallest absolute Gasteiger partial charge is 0.394 e. The fourth-order valence-electron chi connectivity index (χ4n) is 0.839. The Balaban J connectivity index is 0. The predicted octanol–water partition coefficient (Wildman–Crippen LogP) is 0.643. The van der Waals surface area contributed by atoms with Crippen LogP contribution in [0, 0.1) is 0 Å². The van der Waals surface area contributed by atoms with Crippen LogP contribution in [0.3, 0.4) is 0 Å². The minimum atomic E-state index is -4.67. The molecule has 16 heavy (non-hydrogen) atoms. The highest BCUT2D eigenvalue weighted by Crippen LogP contribution is 2.15. The van der Waals surface area contributed by atoms with Gasteiger partial charge < -0.3 is 10.6 Å². The monoisotopic (exact) mass is 250 g/mol. The minimum Gasteiger partial charge on any atom is -0.508 e. The van der Waals surface area contributed by atoms with Crippen LogP contribution in [-0.2, 0) is 16.8 Å². The van der Waals surface area contributed by atoms with Crippen molar-refractivity contribution < 1.29 is 28.1 Å². The Kier molecular flexibility index (Phi) is 8.32. The molecule has 0 radical (unpaired) electrons. The Hall–Kier alpha value is -1.41. The van der Waals surface area contributed by atoms with Crippen LogP contribution >= 0.6 is 0 Å². The summed E-state index contributed by atoms with van der Waals surface area (Å²) in [5.74, 6) is 0.349. The maximum absolute atomic E-state index is 9.19. The van der Waals surface area contributed by atoms with Gasteiger partial charge in [-0.25, -0.2) is 0 Å². The largest absolute Gasteiger partial charge is 0.508 e. The van der Waals surface area contributed by atoms with E-state index in [1.54, 1.807) is 12.1 Å². The Bertz CT molecular complexity index is 404. The van der Waals surface area contributed by atoms with Gasteiger partial charge in [0.2, 0.25) is 0 Å². The summed E-state index contributed by atoms with van der Waals surface area (Å²) in [7, 11) is -4.67. The lowest BCUT2D eigenvalue weighted by molar-refractivity contribution is 0.381. The molecule has 0 heterocycles. The van der Waals surface area contributed by atoms with Gasteiger partial charge in [-0.15, -0.1) is 6.58 Å². The van der Waals surface area contributed by atoms with E-state index in [0.717, 1.165) is 12.0 Å². The van der Waals surface area contributed by atoms with Crippen LogP contribution in [0.2, 0.25) is 0 Å². The fourth-order valence-corrected chi connectivity index (χ4v) is 0.839. The maximum atomic E-state index is 9.19. The van der Waals surface area contributed by atoms with Crippen molar-refractivity contribution in [3.05, 3.63) is 42.5 Å². The number of phenols is 1. The lowest BCUT2D eigenvalue weighted by Crippen LogP contribution is -1.89. The first-order valence-electron chi connectivity index (χ1n) is 3.92.